The van der Waals surface area contributed by atoms with E-state index in [-0.39, 0.29) is 0 Å². The molecule has 0 radical (unpaired) electrons. The lowest BCUT2D eigenvalue weighted by Gasteiger charge is -2.07. The molecule has 0 aliphatic heterocycles. The first-order valence-electron chi connectivity index (χ1n) is 2.80. The van der Waals surface area contributed by atoms with Gasteiger partial charge in [0.05, 0.1) is 6.42 Å². The van der Waals surface area contributed by atoms with Crippen molar-refractivity contribution in [3.63, 3.8) is 0 Å². The van der Waals surface area contributed by atoms with Gasteiger partial charge in [0.15, 0.2) is 0 Å². The highest BCUT2D eigenvalue weighted by molar-refractivity contribution is 6.32. The van der Waals surface area contributed by atoms with Crippen molar-refractivity contribution in [1.29, 1.82) is 0 Å². The Kier molecular flexibility index (Phi) is 3.44. The number of ketones is 1. The van der Waals surface area contributed by atoms with Gasteiger partial charge in [-0.2, -0.15) is 22.0 Å². The Hall–Kier alpha value is -0.390. The van der Waals surface area contributed by atoms with E-state index in [2.05, 4.69) is 11.6 Å². The number of carbonyl (C=O) groups excluding carboxylic acids is 1. The molecular formula is C5H4ClF5O. The minimum atomic E-state index is -4.61. The second-order valence-corrected chi connectivity index (χ2v) is 2.51. The summed E-state index contributed by atoms with van der Waals surface area (Å²) in [6, 6.07) is 0. The lowest BCUT2D eigenvalue weighted by molar-refractivity contribution is -0.149. The fourth-order valence-electron chi connectivity index (χ4n) is 0.397. The lowest BCUT2D eigenvalue weighted by Crippen LogP contribution is -2.23. The molecule has 0 saturated heterocycles. The number of hydrogen-bond donors (Lipinski definition) is 0. The molecule has 0 aliphatic carbocycles. The maximum atomic E-state index is 11.7. The summed E-state index contributed by atoms with van der Waals surface area (Å²) in [7, 11) is 0. The van der Waals surface area contributed by atoms with Crippen LogP contribution in [0.3, 0.4) is 0 Å². The van der Waals surface area contributed by atoms with Crippen molar-refractivity contribution in [2.24, 2.45) is 0 Å². The van der Waals surface area contributed by atoms with Gasteiger partial charge >= 0.3 is 11.6 Å². The molecule has 0 aromatic carbocycles. The van der Waals surface area contributed by atoms with Crippen molar-refractivity contribution in [2.75, 3.05) is 0 Å². The van der Waals surface area contributed by atoms with Gasteiger partial charge in [-0.1, -0.05) is 0 Å². The molecule has 7 heteroatoms. The van der Waals surface area contributed by atoms with E-state index in [1.807, 2.05) is 0 Å². The summed E-state index contributed by atoms with van der Waals surface area (Å²) in [4.78, 5) is 10.1. The van der Waals surface area contributed by atoms with Gasteiger partial charge in [-0.05, 0) is 11.6 Å². The highest BCUT2D eigenvalue weighted by Gasteiger charge is 2.38. The summed E-state index contributed by atoms with van der Waals surface area (Å²) < 4.78 is 57.6. The highest BCUT2D eigenvalue weighted by Crippen LogP contribution is 2.27. The van der Waals surface area contributed by atoms with Gasteiger partial charge in [0.25, 0.3) is 0 Å². The van der Waals surface area contributed by atoms with Crippen LogP contribution in [0.4, 0.5) is 22.0 Å². The summed E-state index contributed by atoms with van der Waals surface area (Å²) in [5.74, 6) is -1.92. The molecule has 12 heavy (non-hydrogen) atoms. The number of rotatable bonds is 3. The largest absolute Gasteiger partial charge is 0.389 e. The Labute approximate surface area is 69.5 Å². The zero-order chi connectivity index (χ0) is 9.99. The van der Waals surface area contributed by atoms with Crippen molar-refractivity contribution in [3.8, 4) is 0 Å². The summed E-state index contributed by atoms with van der Waals surface area (Å²) in [5.41, 5.74) is 0. The van der Waals surface area contributed by atoms with Crippen LogP contribution < -0.4 is 0 Å². The quantitative estimate of drug-likeness (QED) is 0.517. The van der Waals surface area contributed by atoms with E-state index >= 15 is 0 Å². The molecule has 0 fully saturated rings. The molecule has 0 N–H and O–H groups in total. The van der Waals surface area contributed by atoms with Crippen LogP contribution in [-0.2, 0) is 4.79 Å². The molecule has 1 nitrogen and oxygen atoms in total. The number of alkyl halides is 6. The average Bonchev–Trinajstić information content (AvgIpc) is 1.78. The smallest absolute Gasteiger partial charge is 0.291 e. The van der Waals surface area contributed by atoms with E-state index in [4.69, 9.17) is 0 Å². The summed E-state index contributed by atoms with van der Waals surface area (Å²) >= 11 is 4.16. The Morgan fingerprint density at radius 1 is 1.17 bits per heavy atom. The van der Waals surface area contributed by atoms with Gasteiger partial charge in [-0.25, -0.2) is 0 Å². The van der Waals surface area contributed by atoms with Crippen LogP contribution in [0.25, 0.3) is 0 Å². The summed E-state index contributed by atoms with van der Waals surface area (Å²) in [5, 5.41) is -4.19. The van der Waals surface area contributed by atoms with E-state index in [0.29, 0.717) is 0 Å². The third kappa shape index (κ3) is 5.29. The van der Waals surface area contributed by atoms with Crippen molar-refractivity contribution in [1.82, 2.24) is 0 Å². The van der Waals surface area contributed by atoms with Crippen LogP contribution in [0.5, 0.6) is 0 Å². The molecule has 0 unspecified atom stereocenters. The first kappa shape index (κ1) is 11.6. The number of carbonyl (C=O) groups is 1. The van der Waals surface area contributed by atoms with Crippen LogP contribution in [0.1, 0.15) is 12.8 Å². The van der Waals surface area contributed by atoms with Crippen LogP contribution in [-0.4, -0.2) is 17.3 Å². The highest BCUT2D eigenvalue weighted by atomic mass is 35.5. The zero-order valence-corrected chi connectivity index (χ0v) is 6.35. The monoisotopic (exact) mass is 210 g/mol. The second-order valence-electron chi connectivity index (χ2n) is 2.04. The van der Waals surface area contributed by atoms with Crippen LogP contribution >= 0.6 is 11.6 Å². The van der Waals surface area contributed by atoms with Gasteiger partial charge in [0.1, 0.15) is 0 Å². The Bertz CT molecular complexity index is 170. The van der Waals surface area contributed by atoms with E-state index in [9.17, 15) is 26.7 Å². The Balaban J connectivity index is 3.90. The lowest BCUT2D eigenvalue weighted by atomic mass is 10.2. The summed E-state index contributed by atoms with van der Waals surface area (Å²) in [6.07, 6.45) is -7.48. The predicted molar refractivity (Wildman–Crippen MR) is 31.1 cm³/mol. The van der Waals surface area contributed by atoms with Gasteiger partial charge in [0.2, 0.25) is 5.78 Å². The molecule has 72 valence electrons. The molecule has 0 spiro atoms. The molecule has 0 aliphatic rings. The maximum absolute atomic E-state index is 11.7. The fraction of sp³-hybridized carbons (Fsp3) is 0.800. The third-order valence-corrected chi connectivity index (χ3v) is 1.16. The minimum Gasteiger partial charge on any atom is -0.291 e. The van der Waals surface area contributed by atoms with Gasteiger partial charge in [-0.3, -0.25) is 4.79 Å². The fourth-order valence-corrected chi connectivity index (χ4v) is 0.491. The van der Waals surface area contributed by atoms with Crippen LogP contribution in [0.15, 0.2) is 0 Å². The first-order chi connectivity index (χ1) is 5.13. The number of hydrogen-bond acceptors (Lipinski definition) is 1. The van der Waals surface area contributed by atoms with Crippen molar-refractivity contribution >= 4 is 17.4 Å². The van der Waals surface area contributed by atoms with E-state index in [0.717, 1.165) is 0 Å². The normalized spacial score (nSPS) is 13.2. The minimum absolute atomic E-state index is 1.29. The molecule has 0 saturated carbocycles. The van der Waals surface area contributed by atoms with Gasteiger partial charge in [0, 0.05) is 6.42 Å². The molecule has 0 bridgehead atoms. The predicted octanol–water partition coefficient (Wildman–Crippen LogP) is 2.73. The van der Waals surface area contributed by atoms with E-state index in [1.165, 1.54) is 0 Å². The molecular weight excluding hydrogens is 206 g/mol. The third-order valence-electron chi connectivity index (χ3n) is 0.952. The SMILES string of the molecule is O=C(CCC(F)(F)F)C(F)(F)Cl. The molecule has 0 rings (SSSR count). The van der Waals surface area contributed by atoms with Gasteiger partial charge < -0.3 is 0 Å². The van der Waals surface area contributed by atoms with E-state index in [1.54, 1.807) is 0 Å². The second kappa shape index (κ2) is 3.55. The Morgan fingerprint density at radius 3 is 1.83 bits per heavy atom. The van der Waals surface area contributed by atoms with E-state index < -0.39 is 30.2 Å². The van der Waals surface area contributed by atoms with Crippen LogP contribution in [0.2, 0.25) is 0 Å². The first-order valence-corrected chi connectivity index (χ1v) is 3.17. The van der Waals surface area contributed by atoms with Crippen molar-refractivity contribution in [2.45, 2.75) is 24.4 Å². The number of Topliss-reactive ketones (excluding diaryl/α,β-unsaturated/α-hetero) is 1. The number of halogens is 6. The molecule has 0 heterocycles. The average molecular weight is 211 g/mol. The van der Waals surface area contributed by atoms with Crippen molar-refractivity contribution < 1.29 is 26.7 Å². The Morgan fingerprint density at radius 2 is 1.58 bits per heavy atom. The van der Waals surface area contributed by atoms with Crippen molar-refractivity contribution in [3.05, 3.63) is 0 Å². The standard InChI is InChI=1S/C5H4ClF5O/c6-5(10,11)3(12)1-2-4(7,8)9/h1-2H2. The van der Waals surface area contributed by atoms with Crippen LogP contribution in [0, 0.1) is 0 Å². The molecule has 0 aromatic rings. The topological polar surface area (TPSA) is 17.1 Å². The van der Waals surface area contributed by atoms with Gasteiger partial charge in [-0.15, -0.1) is 0 Å². The molecule has 0 amide bonds. The molecule has 0 aromatic heterocycles. The zero-order valence-electron chi connectivity index (χ0n) is 5.59. The summed E-state index contributed by atoms with van der Waals surface area (Å²) in [6.45, 7) is 0. The maximum Gasteiger partial charge on any atom is 0.389 e. The molecule has 0 atom stereocenters.